The van der Waals surface area contributed by atoms with Crippen LogP contribution in [0.4, 0.5) is 0 Å². The molecule has 0 spiro atoms. The first-order chi connectivity index (χ1) is 38.7. The fraction of sp³-hybridized carbons (Fsp3) is 0.897. The minimum Gasteiger partial charge on any atom is -0.394 e. The lowest BCUT2D eigenvalue weighted by atomic mass is 9.98. The summed E-state index contributed by atoms with van der Waals surface area (Å²) >= 11 is 0. The van der Waals surface area contributed by atoms with E-state index in [4.69, 9.17) is 9.47 Å². The molecule has 1 rings (SSSR count). The Bertz CT molecular complexity index is 1380. The largest absolute Gasteiger partial charge is 0.394 e. The number of allylic oxidation sites excluding steroid dienone is 6. The molecule has 0 saturated carbocycles. The molecule has 1 aliphatic heterocycles. The lowest BCUT2D eigenvalue weighted by Crippen LogP contribution is -2.60. The van der Waals surface area contributed by atoms with E-state index in [1.54, 1.807) is 0 Å². The lowest BCUT2D eigenvalue weighted by molar-refractivity contribution is -0.303. The van der Waals surface area contributed by atoms with E-state index in [1.165, 1.54) is 231 Å². The van der Waals surface area contributed by atoms with Crippen LogP contribution in [0.5, 0.6) is 0 Å². The van der Waals surface area contributed by atoms with Crippen molar-refractivity contribution in [2.75, 3.05) is 13.2 Å². The van der Waals surface area contributed by atoms with Gasteiger partial charge in [0, 0.05) is 0 Å². The van der Waals surface area contributed by atoms with E-state index in [9.17, 15) is 40.5 Å². The third-order valence-electron chi connectivity index (χ3n) is 16.4. The van der Waals surface area contributed by atoms with Crippen molar-refractivity contribution in [1.82, 2.24) is 5.32 Å². The van der Waals surface area contributed by atoms with Crippen LogP contribution in [0.1, 0.15) is 322 Å². The Balaban J connectivity index is 2.23. The number of ether oxygens (including phenoxy) is 2. The molecule has 9 unspecified atom stereocenters. The number of rotatable bonds is 59. The number of nitrogens with one attached hydrogen (secondary N) is 1. The highest BCUT2D eigenvalue weighted by Gasteiger charge is 2.44. The Morgan fingerprint density at radius 3 is 1.13 bits per heavy atom. The van der Waals surface area contributed by atoms with Crippen molar-refractivity contribution in [3.8, 4) is 0 Å². The van der Waals surface area contributed by atoms with Crippen molar-refractivity contribution >= 4 is 5.91 Å². The van der Waals surface area contributed by atoms with E-state index in [2.05, 4.69) is 55.6 Å². The van der Waals surface area contributed by atoms with Gasteiger partial charge in [-0.25, -0.2) is 0 Å². The molecule has 1 saturated heterocycles. The summed E-state index contributed by atoms with van der Waals surface area (Å²) in [5.74, 6) is -0.707. The smallest absolute Gasteiger partial charge is 0.249 e. The van der Waals surface area contributed by atoms with Crippen molar-refractivity contribution in [3.63, 3.8) is 0 Å². The molecule has 8 N–H and O–H groups in total. The van der Waals surface area contributed by atoms with Crippen molar-refractivity contribution in [2.24, 2.45) is 0 Å². The van der Waals surface area contributed by atoms with Gasteiger partial charge in [-0.15, -0.1) is 0 Å². The molecule has 0 radical (unpaired) electrons. The quantitative estimate of drug-likeness (QED) is 0.0215. The highest BCUT2D eigenvalue weighted by Crippen LogP contribution is 2.24. The summed E-state index contributed by atoms with van der Waals surface area (Å²) in [6.07, 6.45) is 60.8. The van der Waals surface area contributed by atoms with Gasteiger partial charge in [-0.3, -0.25) is 4.79 Å². The zero-order chi connectivity index (χ0) is 57.5. The average Bonchev–Trinajstić information content (AvgIpc) is 3.46. The van der Waals surface area contributed by atoms with Crippen LogP contribution in [0.3, 0.4) is 0 Å². The van der Waals surface area contributed by atoms with Gasteiger partial charge in [0.15, 0.2) is 6.29 Å². The van der Waals surface area contributed by atoms with Gasteiger partial charge in [0.1, 0.15) is 36.6 Å². The zero-order valence-electron chi connectivity index (χ0n) is 51.4. The Kier molecular flexibility index (Phi) is 54.2. The molecular formula is C68H129NO10. The summed E-state index contributed by atoms with van der Waals surface area (Å²) in [5.41, 5.74) is 0. The minimum atomic E-state index is -1.67. The fourth-order valence-corrected chi connectivity index (χ4v) is 10.9. The van der Waals surface area contributed by atoms with Gasteiger partial charge in [-0.05, 0) is 64.2 Å². The number of unbranched alkanes of at least 4 members (excludes halogenated alkanes) is 41. The van der Waals surface area contributed by atoms with Crippen LogP contribution in [0, 0.1) is 0 Å². The second-order valence-corrected chi connectivity index (χ2v) is 23.9. The summed E-state index contributed by atoms with van der Waals surface area (Å²) in [6.45, 7) is 3.48. The summed E-state index contributed by atoms with van der Waals surface area (Å²) in [7, 11) is 0. The molecule has 0 bridgehead atoms. The Labute approximate surface area is 486 Å². The van der Waals surface area contributed by atoms with E-state index in [1.807, 2.05) is 0 Å². The maximum atomic E-state index is 13.2. The summed E-state index contributed by atoms with van der Waals surface area (Å²) in [4.78, 5) is 13.2. The van der Waals surface area contributed by atoms with Crippen LogP contribution in [0.25, 0.3) is 0 Å². The van der Waals surface area contributed by atoms with Gasteiger partial charge in [0.2, 0.25) is 5.91 Å². The molecule has 1 amide bonds. The summed E-state index contributed by atoms with van der Waals surface area (Å²) in [5, 5.41) is 76.4. The maximum Gasteiger partial charge on any atom is 0.249 e. The monoisotopic (exact) mass is 1120 g/mol. The van der Waals surface area contributed by atoms with Crippen LogP contribution in [-0.2, 0) is 14.3 Å². The molecule has 1 heterocycles. The maximum absolute atomic E-state index is 13.2. The standard InChI is InChI=1S/C68H129NO10/c1-3-5-7-9-11-13-15-17-19-21-23-25-27-28-29-30-31-32-33-34-36-38-40-42-44-46-48-50-52-54-56-61(72)67(77)69-59(58-78-68-66(76)65(75)64(74)62(57-70)79-68)63(73)60(71)55-53-51-49-47-45-43-41-39-37-35-26-24-22-20-18-16-14-12-10-8-6-4-2/h24,26,39,41,47,49,59-66,68,70-76H,3-23,25,27-38,40,42-46,48,50-58H2,1-2H3,(H,69,77)/b26-24+,41-39+,49-47+. The minimum absolute atomic E-state index is 0.243. The third kappa shape index (κ3) is 44.5. The van der Waals surface area contributed by atoms with Gasteiger partial charge < -0.3 is 50.5 Å². The van der Waals surface area contributed by atoms with Crippen LogP contribution >= 0.6 is 0 Å². The second kappa shape index (κ2) is 56.8. The van der Waals surface area contributed by atoms with Crippen molar-refractivity contribution in [3.05, 3.63) is 36.5 Å². The molecule has 9 atom stereocenters. The van der Waals surface area contributed by atoms with Crippen molar-refractivity contribution in [2.45, 2.75) is 377 Å². The number of aliphatic hydroxyl groups is 7. The van der Waals surface area contributed by atoms with Crippen LogP contribution in [-0.4, -0.2) is 110 Å². The highest BCUT2D eigenvalue weighted by atomic mass is 16.7. The molecule has 0 aromatic rings. The molecule has 11 nitrogen and oxygen atoms in total. The SMILES string of the molecule is CCCCCCCCCCC/C=C/CC/C=C/CC/C=C/CCCC(O)C(O)C(COC1OC(CO)C(O)C(O)C1O)NC(=O)C(O)CCCCCCCCCCCCCCCCCCCCCCCCCCCCCCCC. The van der Waals surface area contributed by atoms with Crippen molar-refractivity contribution < 1.29 is 50.0 Å². The van der Waals surface area contributed by atoms with E-state index in [-0.39, 0.29) is 12.8 Å². The van der Waals surface area contributed by atoms with Crippen LogP contribution in [0.2, 0.25) is 0 Å². The zero-order valence-corrected chi connectivity index (χ0v) is 51.4. The lowest BCUT2D eigenvalue weighted by Gasteiger charge is -2.40. The summed E-state index contributed by atoms with van der Waals surface area (Å²) < 4.78 is 11.2. The number of carbonyl (C=O) groups excluding carboxylic acids is 1. The molecular weight excluding hydrogens is 991 g/mol. The number of aliphatic hydroxyl groups excluding tert-OH is 7. The molecule has 0 aromatic heterocycles. The van der Waals surface area contributed by atoms with E-state index >= 15 is 0 Å². The fourth-order valence-electron chi connectivity index (χ4n) is 10.9. The molecule has 79 heavy (non-hydrogen) atoms. The van der Waals surface area contributed by atoms with E-state index in [0.29, 0.717) is 19.3 Å². The first kappa shape index (κ1) is 75.3. The Hall–Kier alpha value is -1.67. The molecule has 1 fully saturated rings. The summed E-state index contributed by atoms with van der Waals surface area (Å²) in [6, 6.07) is -1.19. The van der Waals surface area contributed by atoms with Crippen LogP contribution < -0.4 is 5.32 Å². The molecule has 1 aliphatic rings. The van der Waals surface area contributed by atoms with Gasteiger partial charge >= 0.3 is 0 Å². The number of hydrogen-bond acceptors (Lipinski definition) is 10. The van der Waals surface area contributed by atoms with Gasteiger partial charge in [0.25, 0.3) is 0 Å². The number of amides is 1. The molecule has 0 aliphatic carbocycles. The normalized spacial score (nSPS) is 19.5. The average molecular weight is 1120 g/mol. The second-order valence-electron chi connectivity index (χ2n) is 23.9. The number of carbonyl (C=O) groups is 1. The van der Waals surface area contributed by atoms with Crippen molar-refractivity contribution in [1.29, 1.82) is 0 Å². The first-order valence-corrected chi connectivity index (χ1v) is 33.9. The molecule has 466 valence electrons. The van der Waals surface area contributed by atoms with Crippen LogP contribution in [0.15, 0.2) is 36.5 Å². The first-order valence-electron chi connectivity index (χ1n) is 33.9. The molecule has 11 heteroatoms. The number of hydrogen-bond donors (Lipinski definition) is 8. The highest BCUT2D eigenvalue weighted by molar-refractivity contribution is 5.80. The predicted molar refractivity (Wildman–Crippen MR) is 330 cm³/mol. The van der Waals surface area contributed by atoms with E-state index < -0.39 is 74.2 Å². The predicted octanol–water partition coefficient (Wildman–Crippen LogP) is 15.8. The van der Waals surface area contributed by atoms with Gasteiger partial charge in [-0.2, -0.15) is 0 Å². The Morgan fingerprint density at radius 1 is 0.430 bits per heavy atom. The van der Waals surface area contributed by atoms with Gasteiger partial charge in [-0.1, -0.05) is 294 Å². The Morgan fingerprint density at radius 2 is 0.759 bits per heavy atom. The van der Waals surface area contributed by atoms with E-state index in [0.717, 1.165) is 44.9 Å². The van der Waals surface area contributed by atoms with Gasteiger partial charge in [0.05, 0.1) is 25.4 Å². The molecule has 0 aromatic carbocycles. The third-order valence-corrected chi connectivity index (χ3v) is 16.4. The topological polar surface area (TPSA) is 189 Å².